The van der Waals surface area contributed by atoms with Crippen molar-refractivity contribution in [1.82, 2.24) is 4.98 Å². The van der Waals surface area contributed by atoms with Gasteiger partial charge in [0.1, 0.15) is 0 Å². The molecule has 4 heteroatoms. The third-order valence-electron chi connectivity index (χ3n) is 0.749. The number of hydrogen-bond acceptors (Lipinski definition) is 2. The molecule has 0 amide bonds. The molecule has 1 unspecified atom stereocenters. The van der Waals surface area contributed by atoms with Gasteiger partial charge in [-0.25, -0.2) is 0 Å². The second kappa shape index (κ2) is 2.11. The molecule has 0 bridgehead atoms. The van der Waals surface area contributed by atoms with Crippen molar-refractivity contribution in [3.63, 3.8) is 0 Å². The van der Waals surface area contributed by atoms with Gasteiger partial charge in [0.25, 0.3) is 0 Å². The molecule has 3 nitrogen and oxygen atoms in total. The lowest BCUT2D eigenvalue weighted by atomic mass is 10.7. The van der Waals surface area contributed by atoms with Crippen LogP contribution in [-0.4, -0.2) is 13.7 Å². The molecule has 44 valence electrons. The molecule has 0 aliphatic rings. The van der Waals surface area contributed by atoms with Crippen molar-refractivity contribution in [3.8, 4) is 0 Å². The summed E-state index contributed by atoms with van der Waals surface area (Å²) in [5.41, 5.74) is 0. The molecule has 1 N–H and O–H groups in total. The van der Waals surface area contributed by atoms with E-state index in [0.29, 0.717) is 0 Å². The summed E-state index contributed by atoms with van der Waals surface area (Å²) in [6, 6.07) is 3.12. The summed E-state index contributed by atoms with van der Waals surface area (Å²) < 4.78 is 20.1. The Hall–Kier alpha value is -0.610. The van der Waals surface area contributed by atoms with Crippen LogP contribution in [0.2, 0.25) is 0 Å². The van der Waals surface area contributed by atoms with Crippen LogP contribution in [0.3, 0.4) is 0 Å². The lowest BCUT2D eigenvalue weighted by Gasteiger charge is -1.97. The van der Waals surface area contributed by atoms with Crippen LogP contribution in [0.25, 0.3) is 0 Å². The minimum absolute atomic E-state index is 0.227. The summed E-state index contributed by atoms with van der Waals surface area (Å²) in [6.45, 7) is 0. The first-order valence-corrected chi connectivity index (χ1v) is 3.11. The highest BCUT2D eigenvalue weighted by Gasteiger charge is 1.85. The van der Waals surface area contributed by atoms with Gasteiger partial charge in [-0.15, -0.1) is 0 Å². The first-order chi connectivity index (χ1) is 3.80. The Morgan fingerprint density at radius 2 is 2.50 bits per heavy atom. The van der Waals surface area contributed by atoms with Crippen LogP contribution in [0.15, 0.2) is 23.4 Å². The van der Waals surface area contributed by atoms with E-state index >= 15 is 0 Å². The third kappa shape index (κ3) is 0.962. The highest BCUT2D eigenvalue weighted by molar-refractivity contribution is 7.79. The molecular weight excluding hydrogens is 126 g/mol. The lowest BCUT2D eigenvalue weighted by Crippen LogP contribution is -1.86. The smallest absolute Gasteiger partial charge is 0.0894 e. The third-order valence-corrected chi connectivity index (χ3v) is 1.36. The summed E-state index contributed by atoms with van der Waals surface area (Å²) in [5, 5.41) is 0.227. The first kappa shape index (κ1) is 5.53. The maximum atomic E-state index is 10.0. The summed E-state index contributed by atoms with van der Waals surface area (Å²) in [4.78, 5) is 2.52. The van der Waals surface area contributed by atoms with E-state index in [1.165, 1.54) is 6.07 Å². The maximum absolute atomic E-state index is 10.0. The summed E-state index contributed by atoms with van der Waals surface area (Å²) >= 11 is -2.10. The zero-order valence-corrected chi connectivity index (χ0v) is 4.77. The zero-order valence-electron chi connectivity index (χ0n) is 3.96. The van der Waals surface area contributed by atoms with Gasteiger partial charge in [-0.05, 0) is 23.2 Å². The molecule has 0 aliphatic carbocycles. The quantitative estimate of drug-likeness (QED) is 0.554. The summed E-state index contributed by atoms with van der Waals surface area (Å²) in [5.74, 6) is 0. The van der Waals surface area contributed by atoms with Crippen molar-refractivity contribution in [3.05, 3.63) is 18.3 Å². The number of H-pyrrole nitrogens is 1. The fraction of sp³-hybridized carbons (Fsp3) is 0. The van der Waals surface area contributed by atoms with Crippen LogP contribution in [0, 0.1) is 0 Å². The molecule has 0 saturated heterocycles. The van der Waals surface area contributed by atoms with Crippen molar-refractivity contribution >= 4 is 11.1 Å². The number of aromatic amines is 1. The monoisotopic (exact) mass is 130 g/mol. The predicted octanol–water partition coefficient (Wildman–Crippen LogP) is 0.253. The van der Waals surface area contributed by atoms with Crippen LogP contribution in [0.5, 0.6) is 0 Å². The van der Waals surface area contributed by atoms with E-state index in [-0.39, 0.29) is 5.03 Å². The van der Waals surface area contributed by atoms with Gasteiger partial charge in [0.15, 0.2) is 0 Å². The highest BCUT2D eigenvalue weighted by atomic mass is 32.2. The van der Waals surface area contributed by atoms with Crippen LogP contribution >= 0.6 is 0 Å². The van der Waals surface area contributed by atoms with E-state index in [2.05, 4.69) is 4.98 Å². The minimum atomic E-state index is -2.10. The Balaban J connectivity index is 2.93. The number of aromatic nitrogens is 1. The van der Waals surface area contributed by atoms with Crippen LogP contribution in [-0.2, 0) is 11.1 Å². The average molecular weight is 130 g/mol. The molecule has 0 spiro atoms. The number of rotatable bonds is 1. The van der Waals surface area contributed by atoms with E-state index in [0.717, 1.165) is 0 Å². The predicted molar refractivity (Wildman–Crippen MR) is 28.0 cm³/mol. The normalized spacial score (nSPS) is 13.6. The van der Waals surface area contributed by atoms with Gasteiger partial charge in [-0.3, -0.25) is 4.21 Å². The van der Waals surface area contributed by atoms with Gasteiger partial charge in [0, 0.05) is 6.20 Å². The van der Waals surface area contributed by atoms with E-state index < -0.39 is 11.1 Å². The fourth-order valence-electron chi connectivity index (χ4n) is 0.418. The Labute approximate surface area is 49.0 Å². The molecule has 1 aromatic heterocycles. The Kier molecular flexibility index (Phi) is 1.45. The van der Waals surface area contributed by atoms with Gasteiger partial charge in [0.05, 0.1) is 5.03 Å². The molecular formula is C4H4NO2S-. The van der Waals surface area contributed by atoms with Crippen LogP contribution < -0.4 is 0 Å². The van der Waals surface area contributed by atoms with Gasteiger partial charge in [-0.2, -0.15) is 0 Å². The highest BCUT2D eigenvalue weighted by Crippen LogP contribution is 1.96. The average Bonchev–Trinajstić information content (AvgIpc) is 2.12. The van der Waals surface area contributed by atoms with Crippen molar-refractivity contribution in [2.75, 3.05) is 0 Å². The van der Waals surface area contributed by atoms with Crippen LogP contribution in [0.1, 0.15) is 0 Å². The minimum Gasteiger partial charge on any atom is -0.767 e. The topological polar surface area (TPSA) is 55.9 Å². The molecule has 1 aromatic rings. The van der Waals surface area contributed by atoms with Crippen molar-refractivity contribution in [2.24, 2.45) is 0 Å². The second-order valence-corrected chi connectivity index (χ2v) is 2.18. The van der Waals surface area contributed by atoms with Crippen LogP contribution in [0.4, 0.5) is 0 Å². The Morgan fingerprint density at radius 1 is 1.75 bits per heavy atom. The SMILES string of the molecule is O=S([O-])c1ccc[nH]1. The molecule has 8 heavy (non-hydrogen) atoms. The molecule has 1 rings (SSSR count). The summed E-state index contributed by atoms with van der Waals surface area (Å²) in [6.07, 6.45) is 1.56. The Morgan fingerprint density at radius 3 is 2.75 bits per heavy atom. The maximum Gasteiger partial charge on any atom is 0.0894 e. The first-order valence-electron chi connectivity index (χ1n) is 2.03. The molecule has 1 heterocycles. The Bertz CT molecular complexity index is 182. The van der Waals surface area contributed by atoms with E-state index in [9.17, 15) is 8.76 Å². The molecule has 0 aliphatic heterocycles. The van der Waals surface area contributed by atoms with Gasteiger partial charge in [-0.1, -0.05) is 0 Å². The van der Waals surface area contributed by atoms with Gasteiger partial charge >= 0.3 is 0 Å². The van der Waals surface area contributed by atoms with E-state index in [1.807, 2.05) is 0 Å². The molecule has 0 radical (unpaired) electrons. The fourth-order valence-corrected chi connectivity index (χ4v) is 0.771. The largest absolute Gasteiger partial charge is 0.767 e. The molecule has 1 atom stereocenters. The standard InChI is InChI=1S/C4H5NO2S/c6-8(7)4-2-1-3-5-4/h1-3,5H,(H,6,7)/p-1. The number of hydrogen-bond donors (Lipinski definition) is 1. The number of nitrogens with one attached hydrogen (secondary N) is 1. The molecule has 0 aromatic carbocycles. The van der Waals surface area contributed by atoms with Crippen molar-refractivity contribution < 1.29 is 8.76 Å². The molecule has 0 saturated carbocycles. The summed E-state index contributed by atoms with van der Waals surface area (Å²) in [7, 11) is 0. The zero-order chi connectivity index (χ0) is 5.98. The van der Waals surface area contributed by atoms with Gasteiger partial charge < -0.3 is 9.54 Å². The van der Waals surface area contributed by atoms with Crippen molar-refractivity contribution in [1.29, 1.82) is 0 Å². The van der Waals surface area contributed by atoms with E-state index in [4.69, 9.17) is 0 Å². The van der Waals surface area contributed by atoms with E-state index in [1.54, 1.807) is 12.3 Å². The lowest BCUT2D eigenvalue weighted by molar-refractivity contribution is 0.534. The second-order valence-electron chi connectivity index (χ2n) is 1.27. The molecule has 0 fully saturated rings. The van der Waals surface area contributed by atoms with Gasteiger partial charge in [0.2, 0.25) is 0 Å². The van der Waals surface area contributed by atoms with Crippen molar-refractivity contribution in [2.45, 2.75) is 5.03 Å².